The molecule has 1 aromatic rings. The number of halogens is 1. The lowest BCUT2D eigenvalue weighted by molar-refractivity contribution is -0.123. The molecule has 0 unspecified atom stereocenters. The van der Waals surface area contributed by atoms with Gasteiger partial charge in [-0.2, -0.15) is 0 Å². The van der Waals surface area contributed by atoms with Crippen molar-refractivity contribution in [3.8, 4) is 0 Å². The van der Waals surface area contributed by atoms with Crippen LogP contribution >= 0.6 is 15.9 Å². The normalized spacial score (nSPS) is 22.5. The zero-order valence-electron chi connectivity index (χ0n) is 11.3. The van der Waals surface area contributed by atoms with Crippen LogP contribution in [0.5, 0.6) is 0 Å². The van der Waals surface area contributed by atoms with Crippen LogP contribution in [0.3, 0.4) is 0 Å². The number of hydrogen-bond acceptors (Lipinski definition) is 3. The number of anilines is 1. The molecule has 1 saturated carbocycles. The third-order valence-corrected chi connectivity index (χ3v) is 4.16. The fourth-order valence-corrected chi connectivity index (χ4v) is 2.67. The molecule has 1 amide bonds. The van der Waals surface area contributed by atoms with Gasteiger partial charge >= 0.3 is 0 Å². The Hall–Kier alpha value is -0.910. The summed E-state index contributed by atoms with van der Waals surface area (Å²) in [7, 11) is 0. The van der Waals surface area contributed by atoms with Crippen LogP contribution in [0.2, 0.25) is 0 Å². The molecular weight excluding hydrogens is 322 g/mol. The van der Waals surface area contributed by atoms with E-state index in [-0.39, 0.29) is 25.2 Å². The summed E-state index contributed by atoms with van der Waals surface area (Å²) in [4.78, 5) is 11.8. The molecule has 0 atom stereocenters. The molecule has 4 nitrogen and oxygen atoms in total. The highest BCUT2D eigenvalue weighted by atomic mass is 79.9. The number of benzene rings is 1. The van der Waals surface area contributed by atoms with Gasteiger partial charge in [-0.05, 0) is 55.9 Å². The summed E-state index contributed by atoms with van der Waals surface area (Å²) >= 11 is 3.35. The largest absolute Gasteiger partial charge is 0.396 e. The van der Waals surface area contributed by atoms with Crippen molar-refractivity contribution in [2.45, 2.75) is 31.8 Å². The fraction of sp³-hybridized carbons (Fsp3) is 0.533. The van der Waals surface area contributed by atoms with Crippen molar-refractivity contribution in [2.75, 3.05) is 18.5 Å². The van der Waals surface area contributed by atoms with Gasteiger partial charge in [-0.3, -0.25) is 4.79 Å². The van der Waals surface area contributed by atoms with Gasteiger partial charge in [0.1, 0.15) is 6.61 Å². The molecule has 1 fully saturated rings. The summed E-state index contributed by atoms with van der Waals surface area (Å²) < 4.78 is 6.61. The molecule has 2 rings (SSSR count). The summed E-state index contributed by atoms with van der Waals surface area (Å²) in [5.74, 6) is 0.281. The van der Waals surface area contributed by atoms with Crippen LogP contribution in [-0.4, -0.2) is 30.3 Å². The molecule has 0 bridgehead atoms. The summed E-state index contributed by atoms with van der Waals surface area (Å²) in [5, 5.41) is 11.9. The van der Waals surface area contributed by atoms with E-state index in [1.807, 2.05) is 24.3 Å². The van der Waals surface area contributed by atoms with E-state index < -0.39 is 0 Å². The maximum atomic E-state index is 11.8. The van der Waals surface area contributed by atoms with Gasteiger partial charge in [0.25, 0.3) is 0 Å². The van der Waals surface area contributed by atoms with Gasteiger partial charge < -0.3 is 15.2 Å². The molecule has 20 heavy (non-hydrogen) atoms. The van der Waals surface area contributed by atoms with Crippen LogP contribution in [0.1, 0.15) is 25.7 Å². The molecular formula is C15H20BrNO3. The van der Waals surface area contributed by atoms with Gasteiger partial charge in [0.05, 0.1) is 6.10 Å². The number of ether oxygens (including phenoxy) is 1. The molecule has 0 saturated heterocycles. The molecule has 110 valence electrons. The Balaban J connectivity index is 1.69. The van der Waals surface area contributed by atoms with E-state index >= 15 is 0 Å². The smallest absolute Gasteiger partial charge is 0.250 e. The van der Waals surface area contributed by atoms with Crippen LogP contribution in [0.25, 0.3) is 0 Å². The number of amides is 1. The number of carbonyl (C=O) groups excluding carboxylic acids is 1. The van der Waals surface area contributed by atoms with E-state index in [2.05, 4.69) is 21.2 Å². The first-order valence-corrected chi connectivity index (χ1v) is 7.74. The standard InChI is InChI=1S/C15H20BrNO3/c16-12-3-5-13(6-4-12)17-15(19)10-20-14-7-1-11(9-18)2-8-14/h3-6,11,14,18H,1-2,7-10H2,(H,17,19). The van der Waals surface area contributed by atoms with Gasteiger partial charge in [0, 0.05) is 16.8 Å². The Morgan fingerprint density at radius 3 is 2.50 bits per heavy atom. The first-order valence-electron chi connectivity index (χ1n) is 6.95. The van der Waals surface area contributed by atoms with E-state index in [1.165, 1.54) is 0 Å². The second kappa shape index (κ2) is 7.76. The Morgan fingerprint density at radius 1 is 1.25 bits per heavy atom. The zero-order chi connectivity index (χ0) is 14.4. The SMILES string of the molecule is O=C(COC1CCC(CO)CC1)Nc1ccc(Br)cc1. The molecule has 2 N–H and O–H groups in total. The number of rotatable bonds is 5. The molecule has 1 aliphatic carbocycles. The molecule has 1 aliphatic rings. The third kappa shape index (κ3) is 4.89. The summed E-state index contributed by atoms with van der Waals surface area (Å²) in [6.07, 6.45) is 3.96. The van der Waals surface area contributed by atoms with E-state index in [0.29, 0.717) is 5.92 Å². The summed E-state index contributed by atoms with van der Waals surface area (Å²) in [6, 6.07) is 7.45. The molecule has 1 aromatic carbocycles. The van der Waals surface area contributed by atoms with Crippen molar-refractivity contribution in [1.82, 2.24) is 0 Å². The molecule has 0 radical (unpaired) electrons. The van der Waals surface area contributed by atoms with Gasteiger partial charge in [0.2, 0.25) is 5.91 Å². The third-order valence-electron chi connectivity index (χ3n) is 3.63. The number of aliphatic hydroxyl groups is 1. The number of carbonyl (C=O) groups is 1. The highest BCUT2D eigenvalue weighted by Crippen LogP contribution is 2.25. The van der Waals surface area contributed by atoms with E-state index in [1.54, 1.807) is 0 Å². The van der Waals surface area contributed by atoms with Crippen molar-refractivity contribution in [3.63, 3.8) is 0 Å². The van der Waals surface area contributed by atoms with E-state index in [0.717, 1.165) is 35.8 Å². The monoisotopic (exact) mass is 341 g/mol. The Bertz CT molecular complexity index is 427. The molecule has 0 aromatic heterocycles. The van der Waals surface area contributed by atoms with Crippen LogP contribution in [0, 0.1) is 5.92 Å². The van der Waals surface area contributed by atoms with Crippen LogP contribution < -0.4 is 5.32 Å². The molecule has 5 heteroatoms. The number of aliphatic hydroxyl groups excluding tert-OH is 1. The van der Waals surface area contributed by atoms with Crippen molar-refractivity contribution in [1.29, 1.82) is 0 Å². The zero-order valence-corrected chi connectivity index (χ0v) is 12.9. The van der Waals surface area contributed by atoms with Crippen LogP contribution in [-0.2, 0) is 9.53 Å². The topological polar surface area (TPSA) is 58.6 Å². The average Bonchev–Trinajstić information content (AvgIpc) is 2.48. The van der Waals surface area contributed by atoms with Gasteiger partial charge in [-0.15, -0.1) is 0 Å². The van der Waals surface area contributed by atoms with Crippen molar-refractivity contribution < 1.29 is 14.6 Å². The first-order chi connectivity index (χ1) is 9.67. The van der Waals surface area contributed by atoms with Crippen molar-refractivity contribution >= 4 is 27.5 Å². The molecule has 0 heterocycles. The minimum atomic E-state index is -0.128. The quantitative estimate of drug-likeness (QED) is 0.865. The Kier molecular flexibility index (Phi) is 6.01. The average molecular weight is 342 g/mol. The van der Waals surface area contributed by atoms with Crippen LogP contribution in [0.15, 0.2) is 28.7 Å². The van der Waals surface area contributed by atoms with Crippen LogP contribution in [0.4, 0.5) is 5.69 Å². The minimum absolute atomic E-state index is 0.0878. The maximum Gasteiger partial charge on any atom is 0.250 e. The lowest BCUT2D eigenvalue weighted by Gasteiger charge is -2.27. The predicted molar refractivity (Wildman–Crippen MR) is 81.6 cm³/mol. The Labute approximate surface area is 127 Å². The van der Waals surface area contributed by atoms with Gasteiger partial charge in [0.15, 0.2) is 0 Å². The maximum absolute atomic E-state index is 11.8. The van der Waals surface area contributed by atoms with E-state index in [9.17, 15) is 4.79 Å². The Morgan fingerprint density at radius 2 is 1.90 bits per heavy atom. The number of nitrogens with one attached hydrogen (secondary N) is 1. The molecule has 0 spiro atoms. The van der Waals surface area contributed by atoms with Crippen molar-refractivity contribution in [3.05, 3.63) is 28.7 Å². The first kappa shape index (κ1) is 15.5. The summed E-state index contributed by atoms with van der Waals surface area (Å²) in [5.41, 5.74) is 0.769. The minimum Gasteiger partial charge on any atom is -0.396 e. The highest BCUT2D eigenvalue weighted by Gasteiger charge is 2.21. The number of hydrogen-bond donors (Lipinski definition) is 2. The lowest BCUT2D eigenvalue weighted by Crippen LogP contribution is -2.27. The lowest BCUT2D eigenvalue weighted by atomic mass is 9.88. The molecule has 0 aliphatic heterocycles. The van der Waals surface area contributed by atoms with Gasteiger partial charge in [-0.25, -0.2) is 0 Å². The second-order valence-electron chi connectivity index (χ2n) is 5.19. The predicted octanol–water partition coefficient (Wildman–Crippen LogP) is 2.96. The highest BCUT2D eigenvalue weighted by molar-refractivity contribution is 9.10. The summed E-state index contributed by atoms with van der Waals surface area (Å²) in [6.45, 7) is 0.349. The van der Waals surface area contributed by atoms with Gasteiger partial charge in [-0.1, -0.05) is 15.9 Å². The fourth-order valence-electron chi connectivity index (χ4n) is 2.40. The van der Waals surface area contributed by atoms with E-state index in [4.69, 9.17) is 9.84 Å². The van der Waals surface area contributed by atoms with Crippen molar-refractivity contribution in [2.24, 2.45) is 5.92 Å². The second-order valence-corrected chi connectivity index (χ2v) is 6.11.